The monoisotopic (exact) mass is 245 g/mol. The molecule has 0 aliphatic heterocycles. The quantitative estimate of drug-likeness (QED) is 0.870. The van der Waals surface area contributed by atoms with Crippen LogP contribution in [0.4, 0.5) is 10.2 Å². The summed E-state index contributed by atoms with van der Waals surface area (Å²) in [4.78, 5) is 3.96. The number of aryl methyl sites for hydroxylation is 1. The number of halogens is 1. The predicted molar refractivity (Wildman–Crippen MR) is 70.8 cm³/mol. The van der Waals surface area contributed by atoms with Crippen molar-refractivity contribution in [3.05, 3.63) is 59.3 Å². The van der Waals surface area contributed by atoms with Crippen LogP contribution in [0.3, 0.4) is 0 Å². The molecule has 2 aromatic rings. The van der Waals surface area contributed by atoms with Gasteiger partial charge in [-0.15, -0.1) is 0 Å². The predicted octanol–water partition coefficient (Wildman–Crippen LogP) is 2.14. The Kier molecular flexibility index (Phi) is 3.30. The van der Waals surface area contributed by atoms with Crippen molar-refractivity contribution in [2.75, 3.05) is 12.3 Å². The van der Waals surface area contributed by atoms with E-state index >= 15 is 4.39 Å². The lowest BCUT2D eigenvalue weighted by Gasteiger charge is -2.27. The Labute approximate surface area is 106 Å². The fourth-order valence-electron chi connectivity index (χ4n) is 2.16. The van der Waals surface area contributed by atoms with Gasteiger partial charge < -0.3 is 11.5 Å². The summed E-state index contributed by atoms with van der Waals surface area (Å²) in [5.74, 6) is 0.187. The molecule has 0 bridgehead atoms. The van der Waals surface area contributed by atoms with Gasteiger partial charge in [-0.05, 0) is 24.1 Å². The summed E-state index contributed by atoms with van der Waals surface area (Å²) in [5, 5.41) is 0. The average molecular weight is 245 g/mol. The van der Waals surface area contributed by atoms with Gasteiger partial charge >= 0.3 is 0 Å². The van der Waals surface area contributed by atoms with Crippen LogP contribution >= 0.6 is 0 Å². The van der Waals surface area contributed by atoms with E-state index in [1.165, 1.54) is 0 Å². The molecule has 1 aromatic carbocycles. The van der Waals surface area contributed by atoms with Crippen LogP contribution < -0.4 is 11.5 Å². The number of benzene rings is 1. The molecule has 94 valence electrons. The molecule has 1 aromatic heterocycles. The minimum Gasteiger partial charge on any atom is -0.383 e. The summed E-state index contributed by atoms with van der Waals surface area (Å²) in [6.45, 7) is 1.63. The Morgan fingerprint density at radius 3 is 2.44 bits per heavy atom. The summed E-state index contributed by atoms with van der Waals surface area (Å²) < 4.78 is 15.3. The molecule has 1 heterocycles. The molecule has 3 nitrogen and oxygen atoms in total. The first-order valence-corrected chi connectivity index (χ1v) is 5.75. The maximum Gasteiger partial charge on any atom is 0.176 e. The van der Waals surface area contributed by atoms with Crippen LogP contribution in [0.1, 0.15) is 16.7 Å². The first kappa shape index (κ1) is 12.5. The second-order valence-corrected chi connectivity index (χ2v) is 4.26. The summed E-state index contributed by atoms with van der Waals surface area (Å²) in [6.07, 6.45) is 1.57. The van der Waals surface area contributed by atoms with E-state index in [1.807, 2.05) is 6.07 Å². The van der Waals surface area contributed by atoms with E-state index in [2.05, 4.69) is 4.98 Å². The Morgan fingerprint density at radius 1 is 1.22 bits per heavy atom. The van der Waals surface area contributed by atoms with E-state index in [4.69, 9.17) is 11.5 Å². The number of nitrogens with zero attached hydrogens (tertiary/aromatic N) is 1. The van der Waals surface area contributed by atoms with Crippen molar-refractivity contribution in [1.29, 1.82) is 0 Å². The van der Waals surface area contributed by atoms with E-state index in [0.29, 0.717) is 11.1 Å². The molecular weight excluding hydrogens is 229 g/mol. The number of anilines is 1. The van der Waals surface area contributed by atoms with Gasteiger partial charge in [-0.2, -0.15) is 0 Å². The zero-order chi connectivity index (χ0) is 13.2. The molecule has 1 atom stereocenters. The molecule has 1 unspecified atom stereocenters. The van der Waals surface area contributed by atoms with Gasteiger partial charge in [0.15, 0.2) is 5.67 Å². The molecule has 0 fully saturated rings. The van der Waals surface area contributed by atoms with Gasteiger partial charge in [0, 0.05) is 18.3 Å². The van der Waals surface area contributed by atoms with E-state index in [1.54, 1.807) is 43.5 Å². The SMILES string of the molecule is Cc1ccnc(N)c1C(F)(CN)c1ccccc1. The van der Waals surface area contributed by atoms with E-state index in [-0.39, 0.29) is 12.4 Å². The number of pyridine rings is 1. The van der Waals surface area contributed by atoms with Gasteiger partial charge in [0.2, 0.25) is 0 Å². The number of nitrogens with two attached hydrogens (primary N) is 2. The zero-order valence-electron chi connectivity index (χ0n) is 10.2. The Morgan fingerprint density at radius 2 is 1.89 bits per heavy atom. The van der Waals surface area contributed by atoms with E-state index < -0.39 is 5.67 Å². The normalized spacial score (nSPS) is 14.2. The molecule has 0 aliphatic carbocycles. The first-order chi connectivity index (χ1) is 8.59. The van der Waals surface area contributed by atoms with Crippen molar-refractivity contribution in [2.24, 2.45) is 5.73 Å². The number of aromatic nitrogens is 1. The van der Waals surface area contributed by atoms with Gasteiger partial charge in [-0.1, -0.05) is 30.3 Å². The average Bonchev–Trinajstić information content (AvgIpc) is 2.39. The van der Waals surface area contributed by atoms with Crippen LogP contribution in [0.15, 0.2) is 42.6 Å². The minimum absolute atomic E-state index is 0.173. The van der Waals surface area contributed by atoms with E-state index in [9.17, 15) is 0 Å². The fraction of sp³-hybridized carbons (Fsp3) is 0.214. The number of hydrogen-bond acceptors (Lipinski definition) is 3. The van der Waals surface area contributed by atoms with Crippen LogP contribution in [0.25, 0.3) is 0 Å². The third-order valence-electron chi connectivity index (χ3n) is 3.10. The minimum atomic E-state index is -1.80. The van der Waals surface area contributed by atoms with Crippen molar-refractivity contribution < 1.29 is 4.39 Å². The number of nitrogen functional groups attached to an aromatic ring is 1. The Bertz CT molecular complexity index is 522. The third kappa shape index (κ3) is 1.95. The van der Waals surface area contributed by atoms with Crippen molar-refractivity contribution >= 4 is 5.82 Å². The zero-order valence-corrected chi connectivity index (χ0v) is 10.2. The fourth-order valence-corrected chi connectivity index (χ4v) is 2.16. The molecular formula is C14H16FN3. The lowest BCUT2D eigenvalue weighted by molar-refractivity contribution is 0.232. The molecule has 4 heteroatoms. The lowest BCUT2D eigenvalue weighted by atomic mass is 9.86. The molecule has 18 heavy (non-hydrogen) atoms. The van der Waals surface area contributed by atoms with Gasteiger partial charge in [0.05, 0.1) is 0 Å². The standard InChI is InChI=1S/C14H16FN3/c1-10-7-8-18-13(17)12(10)14(15,9-16)11-5-3-2-4-6-11/h2-8H,9,16H2,1H3,(H2,17,18). The van der Waals surface area contributed by atoms with Crippen LogP contribution in [-0.4, -0.2) is 11.5 Å². The van der Waals surface area contributed by atoms with E-state index in [0.717, 1.165) is 5.56 Å². The molecule has 0 radical (unpaired) electrons. The summed E-state index contributed by atoms with van der Waals surface area (Å²) >= 11 is 0. The summed E-state index contributed by atoms with van der Waals surface area (Å²) in [6, 6.07) is 10.5. The maximum atomic E-state index is 15.3. The summed E-state index contributed by atoms with van der Waals surface area (Å²) in [7, 11) is 0. The number of rotatable bonds is 3. The molecule has 0 amide bonds. The highest BCUT2D eigenvalue weighted by molar-refractivity contribution is 5.52. The highest BCUT2D eigenvalue weighted by Gasteiger charge is 2.36. The second kappa shape index (κ2) is 4.74. The van der Waals surface area contributed by atoms with Gasteiger partial charge in [0.25, 0.3) is 0 Å². The molecule has 2 rings (SSSR count). The number of hydrogen-bond donors (Lipinski definition) is 2. The van der Waals surface area contributed by atoms with Crippen LogP contribution in [-0.2, 0) is 5.67 Å². The first-order valence-electron chi connectivity index (χ1n) is 5.75. The highest BCUT2D eigenvalue weighted by atomic mass is 19.1. The van der Waals surface area contributed by atoms with Crippen molar-refractivity contribution in [3.63, 3.8) is 0 Å². The second-order valence-electron chi connectivity index (χ2n) is 4.26. The smallest absolute Gasteiger partial charge is 0.176 e. The van der Waals surface area contributed by atoms with Crippen LogP contribution in [0.2, 0.25) is 0 Å². The molecule has 0 saturated heterocycles. The lowest BCUT2D eigenvalue weighted by Crippen LogP contribution is -2.33. The molecule has 0 saturated carbocycles. The van der Waals surface area contributed by atoms with Gasteiger partial charge in [-0.3, -0.25) is 0 Å². The molecule has 0 spiro atoms. The van der Waals surface area contributed by atoms with Crippen LogP contribution in [0.5, 0.6) is 0 Å². The van der Waals surface area contributed by atoms with Crippen molar-refractivity contribution in [1.82, 2.24) is 4.98 Å². The van der Waals surface area contributed by atoms with Gasteiger partial charge in [0.1, 0.15) is 5.82 Å². The Hall–Kier alpha value is -1.94. The number of alkyl halides is 1. The summed E-state index contributed by atoms with van der Waals surface area (Å²) in [5.41, 5.74) is 11.3. The topological polar surface area (TPSA) is 64.9 Å². The van der Waals surface area contributed by atoms with Gasteiger partial charge in [-0.25, -0.2) is 9.37 Å². The van der Waals surface area contributed by atoms with Crippen molar-refractivity contribution in [2.45, 2.75) is 12.6 Å². The van der Waals surface area contributed by atoms with Crippen LogP contribution in [0, 0.1) is 6.92 Å². The Balaban J connectivity index is 2.65. The third-order valence-corrected chi connectivity index (χ3v) is 3.10. The molecule has 0 aliphatic rings. The maximum absolute atomic E-state index is 15.3. The molecule has 4 N–H and O–H groups in total. The van der Waals surface area contributed by atoms with Crippen molar-refractivity contribution in [3.8, 4) is 0 Å². The highest BCUT2D eigenvalue weighted by Crippen LogP contribution is 2.37. The largest absolute Gasteiger partial charge is 0.383 e.